The number of sulfone groups is 1. The van der Waals surface area contributed by atoms with Crippen LogP contribution in [-0.4, -0.2) is 20.6 Å². The van der Waals surface area contributed by atoms with Gasteiger partial charge in [0, 0.05) is 10.7 Å². The molecule has 0 spiro atoms. The Morgan fingerprint density at radius 2 is 1.31 bits per heavy atom. The van der Waals surface area contributed by atoms with Gasteiger partial charge < -0.3 is 4.74 Å². The molecule has 0 bridgehead atoms. The molecule has 3 aromatic carbocycles. The van der Waals surface area contributed by atoms with Crippen LogP contribution >= 0.6 is 15.9 Å². The maximum atomic E-state index is 12.2. The van der Waals surface area contributed by atoms with Crippen molar-refractivity contribution in [3.63, 3.8) is 0 Å². The van der Waals surface area contributed by atoms with Crippen molar-refractivity contribution in [3.05, 3.63) is 82.8 Å². The minimum absolute atomic E-state index is 0.160. The molecule has 0 atom stereocenters. The van der Waals surface area contributed by atoms with E-state index in [9.17, 15) is 13.2 Å². The third-order valence-electron chi connectivity index (χ3n) is 3.76. The first-order valence-corrected chi connectivity index (χ1v) is 10.4. The summed E-state index contributed by atoms with van der Waals surface area (Å²) in [6, 6.07) is 20.8. The van der Waals surface area contributed by atoms with Crippen LogP contribution in [0.15, 0.2) is 82.2 Å². The molecule has 6 heteroatoms. The molecule has 0 fully saturated rings. The van der Waals surface area contributed by atoms with Crippen LogP contribution in [0.2, 0.25) is 0 Å². The highest BCUT2D eigenvalue weighted by molar-refractivity contribution is 9.10. The zero-order chi connectivity index (χ0) is 18.7. The number of hydrogen-bond acceptors (Lipinski definition) is 4. The van der Waals surface area contributed by atoms with E-state index in [1.165, 1.54) is 24.3 Å². The van der Waals surface area contributed by atoms with Crippen LogP contribution in [0.25, 0.3) is 11.1 Å². The highest BCUT2D eigenvalue weighted by Gasteiger charge is 2.12. The van der Waals surface area contributed by atoms with Crippen molar-refractivity contribution in [3.8, 4) is 16.9 Å². The summed E-state index contributed by atoms with van der Waals surface area (Å²) >= 11 is 3.40. The first-order valence-electron chi connectivity index (χ1n) is 7.71. The molecule has 0 saturated heterocycles. The largest absolute Gasteiger partial charge is 0.423 e. The van der Waals surface area contributed by atoms with E-state index < -0.39 is 15.8 Å². The Labute approximate surface area is 160 Å². The quantitative estimate of drug-likeness (QED) is 0.442. The summed E-state index contributed by atoms with van der Waals surface area (Å²) in [5.41, 5.74) is 2.35. The van der Waals surface area contributed by atoms with Crippen LogP contribution in [0, 0.1) is 0 Å². The van der Waals surface area contributed by atoms with Gasteiger partial charge in [-0.3, -0.25) is 0 Å². The standard InChI is InChI=1S/C20H15BrO4S/c1-26(23,24)19-12-6-16(7-13-19)20(22)25-18-10-4-15(5-11-18)14-2-8-17(21)9-3-14/h2-13H,1H3. The number of carbonyl (C=O) groups excluding carboxylic acids is 1. The molecule has 132 valence electrons. The highest BCUT2D eigenvalue weighted by Crippen LogP contribution is 2.24. The van der Waals surface area contributed by atoms with Gasteiger partial charge in [-0.25, -0.2) is 13.2 Å². The van der Waals surface area contributed by atoms with E-state index in [1.807, 2.05) is 36.4 Å². The number of rotatable bonds is 4. The number of benzene rings is 3. The molecule has 26 heavy (non-hydrogen) atoms. The predicted molar refractivity (Wildman–Crippen MR) is 104 cm³/mol. The van der Waals surface area contributed by atoms with Crippen LogP contribution in [-0.2, 0) is 9.84 Å². The van der Waals surface area contributed by atoms with E-state index in [0.717, 1.165) is 21.9 Å². The van der Waals surface area contributed by atoms with E-state index in [-0.39, 0.29) is 10.5 Å². The van der Waals surface area contributed by atoms with Gasteiger partial charge in [0.05, 0.1) is 10.5 Å². The molecule has 4 nitrogen and oxygen atoms in total. The third kappa shape index (κ3) is 4.39. The second-order valence-corrected chi connectivity index (χ2v) is 8.65. The van der Waals surface area contributed by atoms with Crippen LogP contribution < -0.4 is 4.74 Å². The molecule has 0 saturated carbocycles. The molecule has 0 N–H and O–H groups in total. The Bertz CT molecular complexity index is 1020. The number of esters is 1. The van der Waals surface area contributed by atoms with Gasteiger partial charge in [0.15, 0.2) is 9.84 Å². The van der Waals surface area contributed by atoms with E-state index in [2.05, 4.69) is 15.9 Å². The molecule has 0 aliphatic rings. The van der Waals surface area contributed by atoms with Gasteiger partial charge in [0.2, 0.25) is 0 Å². The van der Waals surface area contributed by atoms with Crippen LogP contribution in [0.4, 0.5) is 0 Å². The monoisotopic (exact) mass is 430 g/mol. The van der Waals surface area contributed by atoms with Crippen LogP contribution in [0.5, 0.6) is 5.75 Å². The van der Waals surface area contributed by atoms with E-state index in [1.54, 1.807) is 12.1 Å². The zero-order valence-corrected chi connectivity index (χ0v) is 16.2. The first-order chi connectivity index (χ1) is 12.3. The lowest BCUT2D eigenvalue weighted by atomic mass is 10.1. The lowest BCUT2D eigenvalue weighted by Gasteiger charge is -2.07. The molecular formula is C20H15BrO4S. The van der Waals surface area contributed by atoms with E-state index >= 15 is 0 Å². The van der Waals surface area contributed by atoms with Crippen LogP contribution in [0.3, 0.4) is 0 Å². The van der Waals surface area contributed by atoms with E-state index in [0.29, 0.717) is 5.75 Å². The number of hydrogen-bond donors (Lipinski definition) is 0. The fourth-order valence-corrected chi connectivity index (χ4v) is 3.26. The molecule has 3 rings (SSSR count). The Hall–Kier alpha value is -2.44. The predicted octanol–water partition coefficient (Wildman–Crippen LogP) is 4.74. The SMILES string of the molecule is CS(=O)(=O)c1ccc(C(=O)Oc2ccc(-c3ccc(Br)cc3)cc2)cc1. The minimum Gasteiger partial charge on any atom is -0.423 e. The number of ether oxygens (including phenoxy) is 1. The molecule has 0 heterocycles. The second kappa shape index (κ2) is 7.43. The minimum atomic E-state index is -3.29. The molecule has 3 aromatic rings. The summed E-state index contributed by atoms with van der Waals surface area (Å²) in [5, 5.41) is 0. The van der Waals surface area contributed by atoms with Gasteiger partial charge in [-0.2, -0.15) is 0 Å². The summed E-state index contributed by atoms with van der Waals surface area (Å²) in [4.78, 5) is 12.4. The van der Waals surface area contributed by atoms with Crippen molar-refractivity contribution < 1.29 is 17.9 Å². The lowest BCUT2D eigenvalue weighted by molar-refractivity contribution is 0.0734. The average Bonchev–Trinajstić information content (AvgIpc) is 2.62. The summed E-state index contributed by atoms with van der Waals surface area (Å²) in [7, 11) is -3.29. The van der Waals surface area contributed by atoms with Gasteiger partial charge in [-0.1, -0.05) is 40.2 Å². The average molecular weight is 431 g/mol. The fourth-order valence-electron chi connectivity index (χ4n) is 2.36. The third-order valence-corrected chi connectivity index (χ3v) is 5.42. The maximum Gasteiger partial charge on any atom is 0.343 e. The topological polar surface area (TPSA) is 60.4 Å². The van der Waals surface area contributed by atoms with E-state index in [4.69, 9.17) is 4.74 Å². The Kier molecular flexibility index (Phi) is 5.25. The molecule has 0 amide bonds. The zero-order valence-electron chi connectivity index (χ0n) is 13.8. The Balaban J connectivity index is 1.72. The van der Waals surface area contributed by atoms with Crippen molar-refractivity contribution in [2.75, 3.05) is 6.26 Å². The summed E-state index contributed by atoms with van der Waals surface area (Å²) in [5.74, 6) is -0.121. The highest BCUT2D eigenvalue weighted by atomic mass is 79.9. The van der Waals surface area contributed by atoms with Gasteiger partial charge in [-0.15, -0.1) is 0 Å². The second-order valence-electron chi connectivity index (χ2n) is 5.72. The molecule has 0 aromatic heterocycles. The maximum absolute atomic E-state index is 12.2. The molecule has 0 radical (unpaired) electrons. The normalized spacial score (nSPS) is 11.2. The van der Waals surface area contributed by atoms with Crippen molar-refractivity contribution in [2.45, 2.75) is 4.90 Å². The Morgan fingerprint density at radius 1 is 0.808 bits per heavy atom. The van der Waals surface area contributed by atoms with Crippen molar-refractivity contribution in [1.82, 2.24) is 0 Å². The molecule has 0 aliphatic carbocycles. The fraction of sp³-hybridized carbons (Fsp3) is 0.0500. The van der Waals surface area contributed by atoms with Gasteiger partial charge in [0.1, 0.15) is 5.75 Å². The molecule has 0 unspecified atom stereocenters. The lowest BCUT2D eigenvalue weighted by Crippen LogP contribution is -2.08. The van der Waals surface area contributed by atoms with Crippen molar-refractivity contribution in [2.24, 2.45) is 0 Å². The number of carbonyl (C=O) groups is 1. The smallest absolute Gasteiger partial charge is 0.343 e. The Morgan fingerprint density at radius 3 is 1.81 bits per heavy atom. The molecule has 0 aliphatic heterocycles. The summed E-state index contributed by atoms with van der Waals surface area (Å²) in [6.45, 7) is 0. The van der Waals surface area contributed by atoms with Crippen LogP contribution in [0.1, 0.15) is 10.4 Å². The first kappa shape index (κ1) is 18.4. The van der Waals surface area contributed by atoms with Crippen molar-refractivity contribution >= 4 is 31.7 Å². The van der Waals surface area contributed by atoms with Crippen molar-refractivity contribution in [1.29, 1.82) is 0 Å². The molecular weight excluding hydrogens is 416 g/mol. The van der Waals surface area contributed by atoms with Gasteiger partial charge in [0.25, 0.3) is 0 Å². The van der Waals surface area contributed by atoms with Gasteiger partial charge >= 0.3 is 5.97 Å². The summed E-state index contributed by atoms with van der Waals surface area (Å²) < 4.78 is 29.3. The summed E-state index contributed by atoms with van der Waals surface area (Å²) in [6.07, 6.45) is 1.12. The number of halogens is 1. The van der Waals surface area contributed by atoms with Gasteiger partial charge in [-0.05, 0) is 59.7 Å².